The van der Waals surface area contributed by atoms with Crippen LogP contribution >= 0.6 is 0 Å². The average molecular weight is 171 g/mol. The highest BCUT2D eigenvalue weighted by Crippen LogP contribution is 2.13. The standard InChI is InChI=1S/C10H9N3/c1-11-9-4-2-8(3-5-9)10-12-6-7-13-10/h2-5H,6-7H2,(H,12,13). The van der Waals surface area contributed by atoms with E-state index in [1.807, 2.05) is 24.3 Å². The Labute approximate surface area is 76.9 Å². The minimum atomic E-state index is 0.669. The molecule has 0 fully saturated rings. The first-order chi connectivity index (χ1) is 6.40. The minimum absolute atomic E-state index is 0.669. The molecule has 2 rings (SSSR count). The Kier molecular flexibility index (Phi) is 1.97. The fourth-order valence-corrected chi connectivity index (χ4v) is 1.29. The lowest BCUT2D eigenvalue weighted by Crippen LogP contribution is -2.19. The Morgan fingerprint density at radius 2 is 2.08 bits per heavy atom. The van der Waals surface area contributed by atoms with E-state index in [0.717, 1.165) is 24.5 Å². The summed E-state index contributed by atoms with van der Waals surface area (Å²) in [7, 11) is 0. The molecule has 0 radical (unpaired) electrons. The molecule has 1 heterocycles. The molecule has 3 nitrogen and oxygen atoms in total. The van der Waals surface area contributed by atoms with Gasteiger partial charge in [0.25, 0.3) is 0 Å². The van der Waals surface area contributed by atoms with Crippen molar-refractivity contribution in [2.24, 2.45) is 4.99 Å². The molecule has 0 spiro atoms. The summed E-state index contributed by atoms with van der Waals surface area (Å²) in [6.07, 6.45) is 0. The number of benzene rings is 1. The van der Waals surface area contributed by atoms with Crippen LogP contribution in [0.4, 0.5) is 5.69 Å². The summed E-state index contributed by atoms with van der Waals surface area (Å²) in [6.45, 7) is 8.57. The number of nitrogens with zero attached hydrogens (tertiary/aromatic N) is 2. The Balaban J connectivity index is 2.28. The van der Waals surface area contributed by atoms with Crippen LogP contribution in [0.2, 0.25) is 0 Å². The largest absolute Gasteiger partial charge is 0.368 e. The van der Waals surface area contributed by atoms with Gasteiger partial charge in [0.1, 0.15) is 5.84 Å². The molecule has 0 saturated carbocycles. The summed E-state index contributed by atoms with van der Waals surface area (Å²) in [4.78, 5) is 7.62. The summed E-state index contributed by atoms with van der Waals surface area (Å²) in [5.41, 5.74) is 1.73. The zero-order valence-electron chi connectivity index (χ0n) is 7.12. The summed E-state index contributed by atoms with van der Waals surface area (Å²) in [5, 5.41) is 3.18. The summed E-state index contributed by atoms with van der Waals surface area (Å²) in [5.74, 6) is 0.941. The normalized spacial score (nSPS) is 14.5. The van der Waals surface area contributed by atoms with Gasteiger partial charge in [0.15, 0.2) is 5.69 Å². The van der Waals surface area contributed by atoms with E-state index in [4.69, 9.17) is 6.57 Å². The monoisotopic (exact) mass is 171 g/mol. The molecule has 0 aliphatic carbocycles. The Morgan fingerprint density at radius 1 is 1.31 bits per heavy atom. The molecule has 0 unspecified atom stereocenters. The third-order valence-electron chi connectivity index (χ3n) is 1.94. The van der Waals surface area contributed by atoms with Crippen molar-refractivity contribution in [1.82, 2.24) is 5.32 Å². The second-order valence-corrected chi connectivity index (χ2v) is 2.82. The molecule has 1 aromatic carbocycles. The first kappa shape index (κ1) is 7.81. The zero-order chi connectivity index (χ0) is 9.10. The van der Waals surface area contributed by atoms with Crippen molar-refractivity contribution in [1.29, 1.82) is 0 Å². The topological polar surface area (TPSA) is 28.8 Å². The molecule has 0 aromatic heterocycles. The van der Waals surface area contributed by atoms with Crippen LogP contribution < -0.4 is 5.32 Å². The highest BCUT2D eigenvalue weighted by molar-refractivity contribution is 5.99. The van der Waals surface area contributed by atoms with Gasteiger partial charge in [-0.2, -0.15) is 0 Å². The number of nitrogens with one attached hydrogen (secondary N) is 1. The van der Waals surface area contributed by atoms with Gasteiger partial charge in [0, 0.05) is 12.1 Å². The van der Waals surface area contributed by atoms with E-state index in [2.05, 4.69) is 15.2 Å². The third kappa shape index (κ3) is 1.52. The molecular formula is C10H9N3. The van der Waals surface area contributed by atoms with E-state index in [1.54, 1.807) is 0 Å². The van der Waals surface area contributed by atoms with Crippen LogP contribution in [0, 0.1) is 6.57 Å². The second kappa shape index (κ2) is 3.28. The van der Waals surface area contributed by atoms with Crippen molar-refractivity contribution in [3.63, 3.8) is 0 Å². The van der Waals surface area contributed by atoms with Crippen molar-refractivity contribution in [2.45, 2.75) is 0 Å². The van der Waals surface area contributed by atoms with Crippen molar-refractivity contribution in [3.8, 4) is 0 Å². The molecule has 1 N–H and O–H groups in total. The van der Waals surface area contributed by atoms with Crippen LogP contribution in [-0.2, 0) is 0 Å². The van der Waals surface area contributed by atoms with Gasteiger partial charge in [-0.25, -0.2) is 4.85 Å². The number of rotatable bonds is 1. The van der Waals surface area contributed by atoms with E-state index >= 15 is 0 Å². The van der Waals surface area contributed by atoms with Crippen LogP contribution in [0.25, 0.3) is 4.85 Å². The average Bonchev–Trinajstić information content (AvgIpc) is 2.71. The SMILES string of the molecule is [C-]#[N+]c1ccc(C2=NCCN2)cc1. The molecule has 13 heavy (non-hydrogen) atoms. The Bertz CT molecular complexity index is 370. The third-order valence-corrected chi connectivity index (χ3v) is 1.94. The molecule has 1 aromatic rings. The second-order valence-electron chi connectivity index (χ2n) is 2.82. The number of amidine groups is 1. The Hall–Kier alpha value is -1.82. The molecule has 0 atom stereocenters. The molecule has 1 aliphatic rings. The van der Waals surface area contributed by atoms with Gasteiger partial charge in [-0.3, -0.25) is 4.99 Å². The van der Waals surface area contributed by atoms with Gasteiger partial charge >= 0.3 is 0 Å². The van der Waals surface area contributed by atoms with Gasteiger partial charge in [-0.15, -0.1) is 0 Å². The van der Waals surface area contributed by atoms with E-state index in [9.17, 15) is 0 Å². The molecule has 0 amide bonds. The maximum Gasteiger partial charge on any atom is 0.187 e. The van der Waals surface area contributed by atoms with Gasteiger partial charge in [0.2, 0.25) is 0 Å². The van der Waals surface area contributed by atoms with Crippen molar-refractivity contribution in [2.75, 3.05) is 13.1 Å². The molecule has 1 aliphatic heterocycles. The molecule has 0 bridgehead atoms. The van der Waals surface area contributed by atoms with Crippen molar-refractivity contribution < 1.29 is 0 Å². The maximum atomic E-state index is 6.80. The lowest BCUT2D eigenvalue weighted by atomic mass is 10.2. The summed E-state index contributed by atoms with van der Waals surface area (Å²) in [6, 6.07) is 7.46. The zero-order valence-corrected chi connectivity index (χ0v) is 7.12. The molecule has 64 valence electrons. The van der Waals surface area contributed by atoms with E-state index in [0.29, 0.717) is 5.69 Å². The number of hydrogen-bond acceptors (Lipinski definition) is 2. The van der Waals surface area contributed by atoms with E-state index in [-0.39, 0.29) is 0 Å². The smallest absolute Gasteiger partial charge is 0.187 e. The lowest BCUT2D eigenvalue weighted by Gasteiger charge is -2.01. The first-order valence-corrected chi connectivity index (χ1v) is 4.16. The van der Waals surface area contributed by atoms with E-state index < -0.39 is 0 Å². The molecule has 3 heteroatoms. The van der Waals surface area contributed by atoms with Crippen LogP contribution in [-0.4, -0.2) is 18.9 Å². The maximum absolute atomic E-state index is 6.80. The first-order valence-electron chi connectivity index (χ1n) is 4.16. The lowest BCUT2D eigenvalue weighted by molar-refractivity contribution is 0.960. The molecule has 0 saturated heterocycles. The van der Waals surface area contributed by atoms with Gasteiger partial charge in [-0.05, 0) is 0 Å². The fourth-order valence-electron chi connectivity index (χ4n) is 1.29. The van der Waals surface area contributed by atoms with Gasteiger partial charge in [0.05, 0.1) is 13.1 Å². The van der Waals surface area contributed by atoms with Gasteiger partial charge < -0.3 is 5.32 Å². The van der Waals surface area contributed by atoms with Crippen LogP contribution in [0.15, 0.2) is 29.3 Å². The summed E-state index contributed by atoms with van der Waals surface area (Å²) < 4.78 is 0. The predicted octanol–water partition coefficient (Wildman–Crippen LogP) is 1.59. The Morgan fingerprint density at radius 3 is 2.62 bits per heavy atom. The van der Waals surface area contributed by atoms with Crippen LogP contribution in [0.5, 0.6) is 0 Å². The molecular weight excluding hydrogens is 162 g/mol. The quantitative estimate of drug-likeness (QED) is 0.638. The fraction of sp³-hybridized carbons (Fsp3) is 0.200. The van der Waals surface area contributed by atoms with Crippen LogP contribution in [0.1, 0.15) is 5.56 Å². The number of aliphatic imine (C=N–C) groups is 1. The minimum Gasteiger partial charge on any atom is -0.368 e. The summed E-state index contributed by atoms with van der Waals surface area (Å²) >= 11 is 0. The predicted molar refractivity (Wildman–Crippen MR) is 52.1 cm³/mol. The van der Waals surface area contributed by atoms with Crippen molar-refractivity contribution in [3.05, 3.63) is 41.2 Å². The number of hydrogen-bond donors (Lipinski definition) is 1. The van der Waals surface area contributed by atoms with Crippen molar-refractivity contribution >= 4 is 11.5 Å². The van der Waals surface area contributed by atoms with Gasteiger partial charge in [-0.1, -0.05) is 24.3 Å². The highest BCUT2D eigenvalue weighted by atomic mass is 15.1. The highest BCUT2D eigenvalue weighted by Gasteiger charge is 2.06. The van der Waals surface area contributed by atoms with E-state index in [1.165, 1.54) is 0 Å². The van der Waals surface area contributed by atoms with Crippen LogP contribution in [0.3, 0.4) is 0 Å².